The van der Waals surface area contributed by atoms with E-state index in [1.165, 1.54) is 0 Å². The first-order chi connectivity index (χ1) is 19.5. The Kier molecular flexibility index (Phi) is 6.65. The van der Waals surface area contributed by atoms with Crippen LogP contribution >= 0.6 is 0 Å². The van der Waals surface area contributed by atoms with Crippen LogP contribution in [0.4, 0.5) is 5.95 Å². The van der Waals surface area contributed by atoms with E-state index in [2.05, 4.69) is 15.3 Å². The van der Waals surface area contributed by atoms with Crippen molar-refractivity contribution >= 4 is 23.4 Å². The number of benzene rings is 3. The van der Waals surface area contributed by atoms with Crippen molar-refractivity contribution in [3.63, 3.8) is 0 Å². The number of aldehydes is 1. The summed E-state index contributed by atoms with van der Waals surface area (Å²) in [5.41, 5.74) is 2.08. The number of carbonyl (C=O) groups is 1. The molecule has 0 radical (unpaired) electrons. The van der Waals surface area contributed by atoms with E-state index < -0.39 is 17.9 Å². The number of ether oxygens (including phenoxy) is 2. The van der Waals surface area contributed by atoms with E-state index in [9.17, 15) is 9.59 Å². The number of aromatic nitrogens is 4. The Balaban J connectivity index is 1.54. The number of nitrogens with zero attached hydrogens (tertiary/aromatic N) is 3. The molecule has 202 valence electrons. The molecule has 5 aromatic rings. The number of methoxy groups -OCH3 is 1. The average molecular weight is 536 g/mol. The van der Waals surface area contributed by atoms with Gasteiger partial charge in [0.25, 0.3) is 5.56 Å². The summed E-state index contributed by atoms with van der Waals surface area (Å²) in [5.74, 6) is 1.04. The third-order valence-corrected chi connectivity index (χ3v) is 7.57. The summed E-state index contributed by atoms with van der Waals surface area (Å²) in [5, 5.41) is 3.60. The normalized spacial score (nSPS) is 19.0. The molecule has 6 rings (SSSR count). The smallest absolute Gasteiger partial charge is 0.280 e. The molecule has 0 saturated carbocycles. The van der Waals surface area contributed by atoms with Crippen molar-refractivity contribution < 1.29 is 14.3 Å². The van der Waals surface area contributed by atoms with Gasteiger partial charge in [0.2, 0.25) is 5.95 Å². The third kappa shape index (κ3) is 4.34. The molecule has 1 aliphatic rings. The second kappa shape index (κ2) is 10.4. The summed E-state index contributed by atoms with van der Waals surface area (Å²) >= 11 is 0. The maximum Gasteiger partial charge on any atom is 0.280 e. The number of H-pyrrole nitrogens is 1. The van der Waals surface area contributed by atoms with Crippen molar-refractivity contribution in [2.45, 2.75) is 31.2 Å². The monoisotopic (exact) mass is 535 g/mol. The van der Waals surface area contributed by atoms with Crippen LogP contribution in [0.2, 0.25) is 0 Å². The Morgan fingerprint density at radius 2 is 1.62 bits per heavy atom. The van der Waals surface area contributed by atoms with Gasteiger partial charge in [0.05, 0.1) is 13.4 Å². The highest BCUT2D eigenvalue weighted by Gasteiger charge is 2.38. The summed E-state index contributed by atoms with van der Waals surface area (Å²) in [6.07, 6.45) is 2.01. The second-order valence-electron chi connectivity index (χ2n) is 9.98. The van der Waals surface area contributed by atoms with E-state index in [0.29, 0.717) is 12.1 Å². The molecule has 40 heavy (non-hydrogen) atoms. The van der Waals surface area contributed by atoms with Crippen LogP contribution in [-0.2, 0) is 15.1 Å². The minimum atomic E-state index is -0.926. The number of hydrogen-bond donors (Lipinski definition) is 2. The molecule has 2 N–H and O–H groups in total. The van der Waals surface area contributed by atoms with Crippen LogP contribution in [0.15, 0.2) is 96.1 Å². The second-order valence-corrected chi connectivity index (χ2v) is 9.98. The fraction of sp³-hybridized carbons (Fsp3) is 0.226. The lowest BCUT2D eigenvalue weighted by molar-refractivity contribution is -0.120. The van der Waals surface area contributed by atoms with E-state index in [1.54, 1.807) is 18.0 Å². The number of imidazole rings is 1. The Hall–Kier alpha value is -4.76. The van der Waals surface area contributed by atoms with Gasteiger partial charge in [-0.3, -0.25) is 14.3 Å². The lowest BCUT2D eigenvalue weighted by atomic mass is 9.77. The molecular formula is C31H29N5O4. The highest BCUT2D eigenvalue weighted by Crippen LogP contribution is 2.40. The van der Waals surface area contributed by atoms with Gasteiger partial charge in [-0.05, 0) is 41.2 Å². The number of carbonyl (C=O) groups excluding carboxylic acids is 1. The highest BCUT2D eigenvalue weighted by molar-refractivity contribution is 5.72. The first kappa shape index (κ1) is 25.5. The minimum Gasteiger partial charge on any atom is -0.497 e. The number of anilines is 1. The Bertz CT molecular complexity index is 1640. The van der Waals surface area contributed by atoms with E-state index in [0.717, 1.165) is 28.7 Å². The molecule has 1 saturated heterocycles. The average Bonchev–Trinajstić information content (AvgIpc) is 3.60. The zero-order valence-corrected chi connectivity index (χ0v) is 22.2. The first-order valence-corrected chi connectivity index (χ1v) is 13.1. The largest absolute Gasteiger partial charge is 0.497 e. The van der Waals surface area contributed by atoms with Crippen LogP contribution < -0.4 is 15.6 Å². The van der Waals surface area contributed by atoms with Crippen LogP contribution in [0.25, 0.3) is 11.2 Å². The first-order valence-electron chi connectivity index (χ1n) is 13.1. The van der Waals surface area contributed by atoms with E-state index in [-0.39, 0.29) is 22.9 Å². The van der Waals surface area contributed by atoms with Crippen molar-refractivity contribution in [3.05, 3.63) is 118 Å². The minimum absolute atomic E-state index is 0.0402. The van der Waals surface area contributed by atoms with Crippen molar-refractivity contribution in [1.29, 1.82) is 0 Å². The van der Waals surface area contributed by atoms with Crippen LogP contribution in [0.3, 0.4) is 0 Å². The zero-order valence-electron chi connectivity index (χ0n) is 22.2. The van der Waals surface area contributed by atoms with Crippen molar-refractivity contribution in [2.75, 3.05) is 12.4 Å². The number of aromatic amines is 1. The maximum absolute atomic E-state index is 13.3. The molecule has 3 atom stereocenters. The van der Waals surface area contributed by atoms with Crippen LogP contribution in [0.1, 0.15) is 36.3 Å². The Labute approximate surface area is 230 Å². The lowest BCUT2D eigenvalue weighted by Crippen LogP contribution is -2.39. The molecule has 1 aliphatic heterocycles. The van der Waals surface area contributed by atoms with Gasteiger partial charge < -0.3 is 19.6 Å². The molecule has 0 amide bonds. The highest BCUT2D eigenvalue weighted by atomic mass is 16.5. The van der Waals surface area contributed by atoms with Gasteiger partial charge >= 0.3 is 0 Å². The molecule has 9 nitrogen and oxygen atoms in total. The van der Waals surface area contributed by atoms with Gasteiger partial charge in [0, 0.05) is 0 Å². The molecule has 3 aromatic carbocycles. The van der Waals surface area contributed by atoms with E-state index in [4.69, 9.17) is 14.5 Å². The van der Waals surface area contributed by atoms with Crippen molar-refractivity contribution in [3.8, 4) is 5.75 Å². The standard InChI is InChI=1S/C31H29N5O4/c1-20-17-26(40-25(20)18-37)36-19-32-27-28(36)33-30(34-29(27)38)35-31(21-9-5-3-6-10-21,22-11-7-4-8-12-22)23-13-15-24(39-2)16-14-23/h3-16,18-20,25-26H,17H2,1-2H3,(H2,33,34,35,38)/t20-,25+,26+/m0/s1. The van der Waals surface area contributed by atoms with Gasteiger partial charge in [0.1, 0.15) is 29.9 Å². The molecule has 0 bridgehead atoms. The molecule has 2 aromatic heterocycles. The van der Waals surface area contributed by atoms with E-state index in [1.807, 2.05) is 91.9 Å². The maximum atomic E-state index is 13.3. The topological polar surface area (TPSA) is 111 Å². The summed E-state index contributed by atoms with van der Waals surface area (Å²) in [6.45, 7) is 1.97. The van der Waals surface area contributed by atoms with Gasteiger partial charge in [-0.2, -0.15) is 4.98 Å². The fourth-order valence-electron chi connectivity index (χ4n) is 5.48. The van der Waals surface area contributed by atoms with Crippen molar-refractivity contribution in [2.24, 2.45) is 5.92 Å². The molecule has 1 fully saturated rings. The Morgan fingerprint density at radius 3 is 2.20 bits per heavy atom. The summed E-state index contributed by atoms with van der Waals surface area (Å²) in [7, 11) is 1.63. The number of rotatable bonds is 8. The fourth-order valence-corrected chi connectivity index (χ4v) is 5.48. The van der Waals surface area contributed by atoms with Crippen molar-refractivity contribution in [1.82, 2.24) is 19.5 Å². The van der Waals surface area contributed by atoms with Gasteiger partial charge in [-0.25, -0.2) is 4.98 Å². The molecule has 9 heteroatoms. The van der Waals surface area contributed by atoms with Crippen LogP contribution in [0, 0.1) is 5.92 Å². The van der Waals surface area contributed by atoms with Gasteiger partial charge in [0.15, 0.2) is 11.2 Å². The molecule has 0 unspecified atom stereocenters. The summed E-state index contributed by atoms with van der Waals surface area (Å²) in [4.78, 5) is 36.8. The summed E-state index contributed by atoms with van der Waals surface area (Å²) in [6, 6.07) is 27.8. The predicted octanol–water partition coefficient (Wildman–Crippen LogP) is 4.65. The number of fused-ring (bicyclic) bond motifs is 1. The Morgan fingerprint density at radius 1 is 1.00 bits per heavy atom. The van der Waals surface area contributed by atoms with Gasteiger partial charge in [-0.1, -0.05) is 79.7 Å². The summed E-state index contributed by atoms with van der Waals surface area (Å²) < 4.78 is 13.1. The molecule has 0 aliphatic carbocycles. The molecular weight excluding hydrogens is 506 g/mol. The predicted molar refractivity (Wildman–Crippen MR) is 151 cm³/mol. The molecule has 0 spiro atoms. The zero-order chi connectivity index (χ0) is 27.7. The lowest BCUT2D eigenvalue weighted by Gasteiger charge is -2.37. The van der Waals surface area contributed by atoms with Crippen LogP contribution in [0.5, 0.6) is 5.75 Å². The number of nitrogens with one attached hydrogen (secondary N) is 2. The van der Waals surface area contributed by atoms with Gasteiger partial charge in [-0.15, -0.1) is 0 Å². The molecule has 3 heterocycles. The SMILES string of the molecule is COc1ccc(C(Nc2nc3c(ncn3[C@H]3C[C@H](C)[C@@H](C=O)O3)c(=O)[nH]2)(c2ccccc2)c2ccccc2)cc1. The quantitative estimate of drug-likeness (QED) is 0.220. The number of hydrogen-bond acceptors (Lipinski definition) is 7. The van der Waals surface area contributed by atoms with E-state index >= 15 is 0 Å². The third-order valence-electron chi connectivity index (χ3n) is 7.57. The van der Waals surface area contributed by atoms with Crippen LogP contribution in [-0.4, -0.2) is 39.0 Å².